The number of alkyl halides is 3. The second-order valence-electron chi connectivity index (χ2n) is 7.06. The first-order valence-electron chi connectivity index (χ1n) is 9.54. The molecule has 1 fully saturated rings. The number of halogens is 3. The normalized spacial score (nSPS) is 15.7. The fourth-order valence-electron chi connectivity index (χ4n) is 3.28. The van der Waals surface area contributed by atoms with Crippen molar-refractivity contribution in [3.8, 4) is 16.8 Å². The van der Waals surface area contributed by atoms with E-state index in [1.54, 1.807) is 36.7 Å². The molecule has 11 heteroatoms. The number of anilines is 1. The van der Waals surface area contributed by atoms with Crippen molar-refractivity contribution >= 4 is 15.9 Å². The molecule has 1 aliphatic rings. The molecule has 2 heterocycles. The van der Waals surface area contributed by atoms with Gasteiger partial charge in [-0.15, -0.1) is 0 Å². The SMILES string of the molecule is O=S(=O)(Nc1cccc(-c2cnn(-c3ccc(C(F)(F)F)cc3)c2)c1)N1CCNCC1. The molecule has 7 nitrogen and oxygen atoms in total. The number of hydrogen-bond donors (Lipinski definition) is 2. The van der Waals surface area contributed by atoms with Crippen LogP contribution in [0.2, 0.25) is 0 Å². The summed E-state index contributed by atoms with van der Waals surface area (Å²) in [7, 11) is -3.66. The van der Waals surface area contributed by atoms with Crippen LogP contribution in [0.5, 0.6) is 0 Å². The van der Waals surface area contributed by atoms with Crippen LogP contribution in [0.1, 0.15) is 5.56 Å². The summed E-state index contributed by atoms with van der Waals surface area (Å²) in [5.74, 6) is 0. The Morgan fingerprint density at radius 1 is 1.00 bits per heavy atom. The van der Waals surface area contributed by atoms with Crippen molar-refractivity contribution in [1.82, 2.24) is 19.4 Å². The van der Waals surface area contributed by atoms with Crippen LogP contribution in [0.4, 0.5) is 18.9 Å². The van der Waals surface area contributed by atoms with Gasteiger partial charge < -0.3 is 5.32 Å². The largest absolute Gasteiger partial charge is 0.416 e. The molecule has 0 spiro atoms. The van der Waals surface area contributed by atoms with Crippen molar-refractivity contribution in [3.63, 3.8) is 0 Å². The van der Waals surface area contributed by atoms with Gasteiger partial charge in [0.1, 0.15) is 0 Å². The number of rotatable bonds is 5. The molecular formula is C20H20F3N5O2S. The standard InChI is InChI=1S/C20H20F3N5O2S/c21-20(22,23)17-4-6-19(7-5-17)28-14-16(13-25-28)15-2-1-3-18(12-15)26-31(29,30)27-10-8-24-9-11-27/h1-7,12-14,24,26H,8-11H2. The molecule has 164 valence electrons. The van der Waals surface area contributed by atoms with Crippen LogP contribution >= 0.6 is 0 Å². The molecule has 0 saturated carbocycles. The Morgan fingerprint density at radius 3 is 2.39 bits per heavy atom. The van der Waals surface area contributed by atoms with Crippen molar-refractivity contribution < 1.29 is 21.6 Å². The molecule has 0 amide bonds. The molecule has 1 aliphatic heterocycles. The predicted molar refractivity (Wildman–Crippen MR) is 111 cm³/mol. The number of nitrogens with one attached hydrogen (secondary N) is 2. The smallest absolute Gasteiger partial charge is 0.314 e. The van der Waals surface area contributed by atoms with E-state index in [4.69, 9.17) is 0 Å². The van der Waals surface area contributed by atoms with Crippen LogP contribution in [0, 0.1) is 0 Å². The average Bonchev–Trinajstić information content (AvgIpc) is 3.24. The van der Waals surface area contributed by atoms with Gasteiger partial charge in [-0.1, -0.05) is 12.1 Å². The van der Waals surface area contributed by atoms with E-state index in [1.807, 2.05) is 0 Å². The van der Waals surface area contributed by atoms with Crippen LogP contribution in [-0.2, 0) is 16.4 Å². The number of nitrogens with zero attached hydrogens (tertiary/aromatic N) is 3. The van der Waals surface area contributed by atoms with Gasteiger partial charge in [0.15, 0.2) is 0 Å². The van der Waals surface area contributed by atoms with Crippen molar-refractivity contribution in [2.75, 3.05) is 30.9 Å². The van der Waals surface area contributed by atoms with Crippen molar-refractivity contribution in [1.29, 1.82) is 0 Å². The van der Waals surface area contributed by atoms with Crippen LogP contribution in [0.3, 0.4) is 0 Å². The van der Waals surface area contributed by atoms with E-state index in [9.17, 15) is 21.6 Å². The minimum atomic E-state index is -4.40. The van der Waals surface area contributed by atoms with E-state index in [-0.39, 0.29) is 0 Å². The highest BCUT2D eigenvalue weighted by Gasteiger charge is 2.30. The van der Waals surface area contributed by atoms with Crippen LogP contribution in [0.25, 0.3) is 16.8 Å². The summed E-state index contributed by atoms with van der Waals surface area (Å²) in [6.07, 6.45) is -1.15. The third kappa shape index (κ3) is 4.89. The Kier molecular flexibility index (Phi) is 5.73. The summed E-state index contributed by atoms with van der Waals surface area (Å²) in [5.41, 5.74) is 1.59. The van der Waals surface area contributed by atoms with E-state index in [2.05, 4.69) is 15.1 Å². The van der Waals surface area contributed by atoms with E-state index in [0.717, 1.165) is 17.7 Å². The Balaban J connectivity index is 1.53. The lowest BCUT2D eigenvalue weighted by molar-refractivity contribution is -0.137. The van der Waals surface area contributed by atoms with Crippen LogP contribution in [-0.4, -0.2) is 48.7 Å². The van der Waals surface area contributed by atoms with Gasteiger partial charge in [0.2, 0.25) is 0 Å². The second kappa shape index (κ2) is 8.33. The fraction of sp³-hybridized carbons (Fsp3) is 0.250. The Hall–Kier alpha value is -2.89. The zero-order chi connectivity index (χ0) is 22.1. The number of hydrogen-bond acceptors (Lipinski definition) is 4. The molecule has 0 radical (unpaired) electrons. The lowest BCUT2D eigenvalue weighted by Crippen LogP contribution is -2.48. The highest BCUT2D eigenvalue weighted by molar-refractivity contribution is 7.90. The first-order valence-corrected chi connectivity index (χ1v) is 11.0. The van der Waals surface area contributed by atoms with Crippen LogP contribution < -0.4 is 10.0 Å². The number of aromatic nitrogens is 2. The summed E-state index contributed by atoms with van der Waals surface area (Å²) in [6, 6.07) is 11.6. The van der Waals surface area contributed by atoms with Gasteiger partial charge in [0.25, 0.3) is 0 Å². The number of piperazine rings is 1. The van der Waals surface area contributed by atoms with E-state index in [1.165, 1.54) is 21.1 Å². The lowest BCUT2D eigenvalue weighted by atomic mass is 10.1. The summed E-state index contributed by atoms with van der Waals surface area (Å²) < 4.78 is 68.8. The fourth-order valence-corrected chi connectivity index (χ4v) is 4.49. The Morgan fingerprint density at radius 2 is 1.71 bits per heavy atom. The molecule has 1 saturated heterocycles. The van der Waals surface area contributed by atoms with Gasteiger partial charge in [-0.2, -0.15) is 31.0 Å². The summed E-state index contributed by atoms with van der Waals surface area (Å²) in [6.45, 7) is 2.00. The first-order chi connectivity index (χ1) is 14.7. The zero-order valence-electron chi connectivity index (χ0n) is 16.3. The maximum absolute atomic E-state index is 12.7. The van der Waals surface area contributed by atoms with Gasteiger partial charge in [0, 0.05) is 37.9 Å². The van der Waals surface area contributed by atoms with E-state index < -0.39 is 21.9 Å². The average molecular weight is 451 g/mol. The maximum Gasteiger partial charge on any atom is 0.416 e. The lowest BCUT2D eigenvalue weighted by Gasteiger charge is -2.26. The second-order valence-corrected chi connectivity index (χ2v) is 8.73. The van der Waals surface area contributed by atoms with Gasteiger partial charge >= 0.3 is 16.4 Å². The molecule has 0 bridgehead atoms. The quantitative estimate of drug-likeness (QED) is 0.625. The Bertz CT molecular complexity index is 1150. The van der Waals surface area contributed by atoms with Crippen molar-refractivity contribution in [3.05, 3.63) is 66.5 Å². The van der Waals surface area contributed by atoms with Crippen molar-refractivity contribution in [2.24, 2.45) is 0 Å². The minimum absolute atomic E-state index is 0.398. The van der Waals surface area contributed by atoms with Gasteiger partial charge in [-0.25, -0.2) is 4.68 Å². The third-order valence-electron chi connectivity index (χ3n) is 4.90. The molecule has 3 aromatic rings. The van der Waals surface area contributed by atoms with Crippen molar-refractivity contribution in [2.45, 2.75) is 6.18 Å². The minimum Gasteiger partial charge on any atom is -0.314 e. The third-order valence-corrected chi connectivity index (χ3v) is 6.44. The van der Waals surface area contributed by atoms with Gasteiger partial charge in [-0.3, -0.25) is 4.72 Å². The molecule has 0 atom stereocenters. The molecule has 0 unspecified atom stereocenters. The first kappa shape index (κ1) is 21.3. The molecule has 4 rings (SSSR count). The summed E-state index contributed by atoms with van der Waals surface area (Å²) >= 11 is 0. The molecule has 1 aromatic heterocycles. The molecule has 2 aromatic carbocycles. The summed E-state index contributed by atoms with van der Waals surface area (Å²) in [4.78, 5) is 0. The summed E-state index contributed by atoms with van der Waals surface area (Å²) in [5, 5.41) is 7.32. The van der Waals surface area contributed by atoms with E-state index in [0.29, 0.717) is 43.1 Å². The highest BCUT2D eigenvalue weighted by Crippen LogP contribution is 2.30. The van der Waals surface area contributed by atoms with Gasteiger partial charge in [-0.05, 0) is 42.0 Å². The predicted octanol–water partition coefficient (Wildman–Crippen LogP) is 3.12. The topological polar surface area (TPSA) is 79.3 Å². The van der Waals surface area contributed by atoms with Gasteiger partial charge in [0.05, 0.1) is 23.1 Å². The van der Waals surface area contributed by atoms with Crippen LogP contribution in [0.15, 0.2) is 60.9 Å². The molecular weight excluding hydrogens is 431 g/mol. The molecule has 31 heavy (non-hydrogen) atoms. The molecule has 0 aliphatic carbocycles. The Labute approximate surface area is 177 Å². The zero-order valence-corrected chi connectivity index (χ0v) is 17.1. The molecule has 2 N–H and O–H groups in total. The van der Waals surface area contributed by atoms with E-state index >= 15 is 0 Å². The number of benzene rings is 2. The maximum atomic E-state index is 12.7. The highest BCUT2D eigenvalue weighted by atomic mass is 32.2. The monoisotopic (exact) mass is 451 g/mol.